The predicted molar refractivity (Wildman–Crippen MR) is 109 cm³/mol. The van der Waals surface area contributed by atoms with Gasteiger partial charge < -0.3 is 0 Å². The summed E-state index contributed by atoms with van der Waals surface area (Å²) in [5, 5.41) is 0.897. The van der Waals surface area contributed by atoms with E-state index in [2.05, 4.69) is 4.98 Å². The maximum absolute atomic E-state index is 13.4. The molecule has 0 bridgehead atoms. The van der Waals surface area contributed by atoms with E-state index in [0.717, 1.165) is 44.5 Å². The van der Waals surface area contributed by atoms with Crippen LogP contribution in [0.2, 0.25) is 0 Å². The standard InChI is InChI=1S/C19H20N2O2S3/c1-12-13(2)25-19(20-12)17-11-18(14(3)24-17)26(22,23)21-10-6-8-15-7-4-5-9-16(15)21/h4-5,7,9,11H,6,8,10H2,1-3H3. The van der Waals surface area contributed by atoms with Crippen LogP contribution in [-0.2, 0) is 16.4 Å². The Morgan fingerprint density at radius 2 is 1.85 bits per heavy atom. The minimum Gasteiger partial charge on any atom is -0.266 e. The summed E-state index contributed by atoms with van der Waals surface area (Å²) in [4.78, 5) is 7.89. The smallest absolute Gasteiger partial charge is 0.265 e. The summed E-state index contributed by atoms with van der Waals surface area (Å²) in [6.07, 6.45) is 1.77. The first-order chi connectivity index (χ1) is 12.4. The molecule has 0 N–H and O–H groups in total. The molecule has 0 radical (unpaired) electrons. The molecule has 0 saturated carbocycles. The maximum atomic E-state index is 13.4. The van der Waals surface area contributed by atoms with E-state index >= 15 is 0 Å². The third kappa shape index (κ3) is 2.88. The maximum Gasteiger partial charge on any atom is 0.265 e. The summed E-state index contributed by atoms with van der Waals surface area (Å²) in [6, 6.07) is 9.59. The van der Waals surface area contributed by atoms with Crippen molar-refractivity contribution in [3.8, 4) is 9.88 Å². The first-order valence-electron chi connectivity index (χ1n) is 8.53. The first kappa shape index (κ1) is 17.7. The van der Waals surface area contributed by atoms with Crippen LogP contribution in [0.3, 0.4) is 0 Å². The summed E-state index contributed by atoms with van der Waals surface area (Å²) in [7, 11) is -3.58. The van der Waals surface area contributed by atoms with Gasteiger partial charge in [-0.1, -0.05) is 18.2 Å². The Bertz CT molecular complexity index is 1060. The van der Waals surface area contributed by atoms with Crippen molar-refractivity contribution in [3.05, 3.63) is 51.3 Å². The monoisotopic (exact) mass is 404 g/mol. The fourth-order valence-electron chi connectivity index (χ4n) is 3.27. The molecule has 1 aliphatic heterocycles. The van der Waals surface area contributed by atoms with Gasteiger partial charge in [-0.2, -0.15) is 0 Å². The molecule has 0 atom stereocenters. The van der Waals surface area contributed by atoms with Crippen molar-refractivity contribution in [2.75, 3.05) is 10.8 Å². The zero-order valence-corrected chi connectivity index (χ0v) is 17.4. The van der Waals surface area contributed by atoms with Gasteiger partial charge in [0.2, 0.25) is 0 Å². The highest BCUT2D eigenvalue weighted by molar-refractivity contribution is 7.93. The molecule has 2 aromatic heterocycles. The molecule has 0 spiro atoms. The summed E-state index contributed by atoms with van der Waals surface area (Å²) < 4.78 is 28.4. The van der Waals surface area contributed by atoms with Gasteiger partial charge in [-0.3, -0.25) is 4.31 Å². The van der Waals surface area contributed by atoms with E-state index in [1.807, 2.05) is 45.0 Å². The van der Waals surface area contributed by atoms with Crippen LogP contribution in [0.15, 0.2) is 35.2 Å². The Balaban J connectivity index is 1.78. The lowest BCUT2D eigenvalue weighted by atomic mass is 10.0. The number of fused-ring (bicyclic) bond motifs is 1. The van der Waals surface area contributed by atoms with Gasteiger partial charge in [-0.25, -0.2) is 13.4 Å². The number of thiazole rings is 1. The number of hydrogen-bond acceptors (Lipinski definition) is 5. The van der Waals surface area contributed by atoms with Crippen molar-refractivity contribution in [2.45, 2.75) is 38.5 Å². The van der Waals surface area contributed by atoms with Crippen molar-refractivity contribution in [1.82, 2.24) is 4.98 Å². The molecule has 7 heteroatoms. The molecule has 0 amide bonds. The molecule has 3 heterocycles. The third-order valence-corrected chi connectivity index (χ3v) is 9.11. The molecule has 1 aliphatic rings. The molecule has 1 aromatic carbocycles. The van der Waals surface area contributed by atoms with Crippen LogP contribution in [0.1, 0.15) is 27.4 Å². The van der Waals surface area contributed by atoms with E-state index < -0.39 is 10.0 Å². The number of hydrogen-bond donors (Lipinski definition) is 0. The quantitative estimate of drug-likeness (QED) is 0.621. The average Bonchev–Trinajstić information content (AvgIpc) is 3.17. The Morgan fingerprint density at radius 1 is 1.08 bits per heavy atom. The average molecular weight is 405 g/mol. The summed E-state index contributed by atoms with van der Waals surface area (Å²) >= 11 is 3.12. The lowest BCUT2D eigenvalue weighted by Gasteiger charge is -2.30. The number of benzene rings is 1. The lowest BCUT2D eigenvalue weighted by molar-refractivity contribution is 0.586. The molecule has 26 heavy (non-hydrogen) atoms. The second kappa shape index (κ2) is 6.48. The molecule has 0 unspecified atom stereocenters. The van der Waals surface area contributed by atoms with Gasteiger partial charge in [-0.05, 0) is 51.3 Å². The highest BCUT2D eigenvalue weighted by Crippen LogP contribution is 2.39. The summed E-state index contributed by atoms with van der Waals surface area (Å²) in [5.41, 5.74) is 2.92. The molecule has 0 aliphatic carbocycles. The van der Waals surface area contributed by atoms with Gasteiger partial charge in [-0.15, -0.1) is 22.7 Å². The van der Waals surface area contributed by atoms with Crippen LogP contribution >= 0.6 is 22.7 Å². The van der Waals surface area contributed by atoms with Gasteiger partial charge in [0, 0.05) is 16.3 Å². The molecular weight excluding hydrogens is 384 g/mol. The largest absolute Gasteiger partial charge is 0.266 e. The Hall–Kier alpha value is -1.70. The number of aryl methyl sites for hydroxylation is 4. The van der Waals surface area contributed by atoms with E-state index in [4.69, 9.17) is 0 Å². The number of aromatic nitrogens is 1. The molecule has 0 fully saturated rings. The van der Waals surface area contributed by atoms with Gasteiger partial charge in [0.05, 0.1) is 16.3 Å². The number of rotatable bonds is 3. The molecule has 0 saturated heterocycles. The Labute approximate surface area is 162 Å². The van der Waals surface area contributed by atoms with Gasteiger partial charge in [0.1, 0.15) is 9.90 Å². The summed E-state index contributed by atoms with van der Waals surface area (Å²) in [6.45, 7) is 6.43. The van der Waals surface area contributed by atoms with Crippen LogP contribution in [-0.4, -0.2) is 19.9 Å². The second-order valence-corrected chi connectivity index (χ2v) is 10.8. The topological polar surface area (TPSA) is 50.3 Å². The number of thiophene rings is 1. The van der Waals surface area contributed by atoms with Crippen molar-refractivity contribution in [2.24, 2.45) is 0 Å². The zero-order valence-electron chi connectivity index (χ0n) is 14.9. The highest BCUT2D eigenvalue weighted by Gasteiger charge is 2.31. The van der Waals surface area contributed by atoms with Crippen LogP contribution in [0, 0.1) is 20.8 Å². The van der Waals surface area contributed by atoms with Crippen LogP contribution < -0.4 is 4.31 Å². The van der Waals surface area contributed by atoms with E-state index in [-0.39, 0.29) is 0 Å². The van der Waals surface area contributed by atoms with E-state index in [9.17, 15) is 8.42 Å². The zero-order chi connectivity index (χ0) is 18.5. The van der Waals surface area contributed by atoms with Crippen molar-refractivity contribution >= 4 is 38.4 Å². The van der Waals surface area contributed by atoms with Crippen molar-refractivity contribution in [1.29, 1.82) is 0 Å². The van der Waals surface area contributed by atoms with E-state index in [0.29, 0.717) is 11.4 Å². The summed E-state index contributed by atoms with van der Waals surface area (Å²) in [5.74, 6) is 0. The van der Waals surface area contributed by atoms with E-state index in [1.54, 1.807) is 21.7 Å². The van der Waals surface area contributed by atoms with Gasteiger partial charge in [0.15, 0.2) is 0 Å². The van der Waals surface area contributed by atoms with Crippen LogP contribution in [0.5, 0.6) is 0 Å². The van der Waals surface area contributed by atoms with Crippen LogP contribution in [0.4, 0.5) is 5.69 Å². The van der Waals surface area contributed by atoms with Crippen LogP contribution in [0.25, 0.3) is 9.88 Å². The molecule has 136 valence electrons. The molecule has 4 nitrogen and oxygen atoms in total. The minimum atomic E-state index is -3.58. The van der Waals surface area contributed by atoms with Crippen molar-refractivity contribution < 1.29 is 8.42 Å². The van der Waals surface area contributed by atoms with Crippen molar-refractivity contribution in [3.63, 3.8) is 0 Å². The predicted octanol–water partition coefficient (Wildman–Crippen LogP) is 4.94. The fraction of sp³-hybridized carbons (Fsp3) is 0.316. The second-order valence-electron chi connectivity index (χ2n) is 6.50. The normalized spacial score (nSPS) is 14.5. The third-order valence-electron chi connectivity index (χ3n) is 4.75. The molecule has 3 aromatic rings. The molecule has 4 rings (SSSR count). The van der Waals surface area contributed by atoms with Gasteiger partial charge in [0.25, 0.3) is 10.0 Å². The number of nitrogens with zero attached hydrogens (tertiary/aromatic N) is 2. The highest BCUT2D eigenvalue weighted by atomic mass is 32.2. The SMILES string of the molecule is Cc1nc(-c2cc(S(=O)(=O)N3CCCc4ccccc43)c(C)s2)sc1C. The van der Waals surface area contributed by atoms with E-state index in [1.165, 1.54) is 16.2 Å². The number of anilines is 1. The minimum absolute atomic E-state index is 0.403. The Kier molecular flexibility index (Phi) is 4.41. The lowest BCUT2D eigenvalue weighted by Crippen LogP contribution is -2.35. The number of para-hydroxylation sites is 1. The fourth-order valence-corrected chi connectivity index (χ4v) is 7.34. The first-order valence-corrected chi connectivity index (χ1v) is 11.6. The Morgan fingerprint density at radius 3 is 2.58 bits per heavy atom. The molecular formula is C19H20N2O2S3. The van der Waals surface area contributed by atoms with Gasteiger partial charge >= 0.3 is 0 Å². The number of sulfonamides is 1.